The van der Waals surface area contributed by atoms with Gasteiger partial charge in [-0.05, 0) is 0 Å². The molecule has 0 spiro atoms. The van der Waals surface area contributed by atoms with Crippen LogP contribution in [-0.2, 0) is 0 Å². The van der Waals surface area contributed by atoms with Crippen LogP contribution in [0.5, 0.6) is 0 Å². The summed E-state index contributed by atoms with van der Waals surface area (Å²) in [5, 5.41) is 0. The van der Waals surface area contributed by atoms with E-state index in [0.717, 1.165) is 0 Å². The maximum atomic E-state index is 2.18. The largest absolute Gasteiger partial charge is 0.0776 e. The van der Waals surface area contributed by atoms with Gasteiger partial charge in [-0.3, -0.25) is 0 Å². The first-order valence-electron chi connectivity index (χ1n) is 7.83. The Kier molecular flexibility index (Phi) is 1800. The number of hydrogen-bond acceptors (Lipinski definition) is 0. The van der Waals surface area contributed by atoms with Crippen LogP contribution in [-0.4, -0.2) is 0 Å². The molecule has 0 aliphatic heterocycles. The van der Waals surface area contributed by atoms with Gasteiger partial charge in [0.15, 0.2) is 0 Å². The maximum absolute atomic E-state index is 2.18. The van der Waals surface area contributed by atoms with Crippen LogP contribution in [0.25, 0.3) is 0 Å². The van der Waals surface area contributed by atoms with Crippen LogP contribution < -0.4 is 0 Å². The summed E-state index contributed by atoms with van der Waals surface area (Å²) in [7, 11) is 0. The molecular formula is C21H64. The second kappa shape index (κ2) is 451. The third-order valence-corrected chi connectivity index (χ3v) is 1.000. The summed E-state index contributed by atoms with van der Waals surface area (Å²) < 4.78 is 0. The molecule has 21 heavy (non-hydrogen) atoms. The summed E-state index contributed by atoms with van der Waals surface area (Å²) in [5.74, 6) is 0. The fourth-order valence-electron chi connectivity index (χ4n) is 0. The first-order valence-corrected chi connectivity index (χ1v) is 7.83. The van der Waals surface area contributed by atoms with E-state index in [9.17, 15) is 0 Å². The Morgan fingerprint density at radius 2 is 0.333 bits per heavy atom. The lowest BCUT2D eigenvalue weighted by atomic mass is 10.4. The van der Waals surface area contributed by atoms with Crippen LogP contribution >= 0.6 is 0 Å². The normalized spacial score (nSPS) is 4.00. The Hall–Kier alpha value is 0. The van der Waals surface area contributed by atoms with Gasteiger partial charge >= 0.3 is 0 Å². The van der Waals surface area contributed by atoms with E-state index in [1.165, 1.54) is 25.7 Å². The predicted molar refractivity (Wildman–Crippen MR) is 120 cm³/mol. The zero-order valence-electron chi connectivity index (χ0n) is 14.8. The molecule has 0 heteroatoms. The lowest BCUT2D eigenvalue weighted by molar-refractivity contribution is 0.886. The standard InChI is InChI=1S/2C4H10.4C2H6.5CH4/c2*1-3-4-2;4*1-2;;;;;/h2*3-4H2,1-2H3;4*1-2H3;5*1H4. The number of rotatable bonds is 2. The van der Waals surface area contributed by atoms with Gasteiger partial charge in [0.05, 0.1) is 0 Å². The van der Waals surface area contributed by atoms with Crippen molar-refractivity contribution in [3.05, 3.63) is 0 Å². The van der Waals surface area contributed by atoms with Gasteiger partial charge in [-0.2, -0.15) is 0 Å². The summed E-state index contributed by atoms with van der Waals surface area (Å²) in [5.41, 5.74) is 0. The van der Waals surface area contributed by atoms with Crippen LogP contribution in [0.1, 0.15) is 146 Å². The van der Waals surface area contributed by atoms with Crippen molar-refractivity contribution in [1.82, 2.24) is 0 Å². The van der Waals surface area contributed by atoms with Crippen LogP contribution in [0.15, 0.2) is 0 Å². The average Bonchev–Trinajstić information content (AvgIpc) is 2.47. The molecule has 0 aromatic rings. The van der Waals surface area contributed by atoms with E-state index in [2.05, 4.69) is 27.7 Å². The highest BCUT2D eigenvalue weighted by molar-refractivity contribution is 4.13. The summed E-state index contributed by atoms with van der Waals surface area (Å²) in [6, 6.07) is 0. The summed E-state index contributed by atoms with van der Waals surface area (Å²) in [4.78, 5) is 0. The molecule has 0 saturated heterocycles. The van der Waals surface area contributed by atoms with Crippen molar-refractivity contribution in [3.8, 4) is 0 Å². The van der Waals surface area contributed by atoms with E-state index < -0.39 is 0 Å². The highest BCUT2D eigenvalue weighted by Crippen LogP contribution is 1.77. The fraction of sp³-hybridized carbons (Fsp3) is 1.00. The fourth-order valence-corrected chi connectivity index (χ4v) is 0. The molecule has 0 amide bonds. The monoisotopic (exact) mass is 317 g/mol. The summed E-state index contributed by atoms with van der Waals surface area (Å²) in [6.45, 7) is 24.7. The lowest BCUT2D eigenvalue weighted by Crippen LogP contribution is -1.47. The van der Waals surface area contributed by atoms with Crippen molar-refractivity contribution >= 4 is 0 Å². The number of unbranched alkanes of at least 4 members (excludes halogenated alkanes) is 2. The van der Waals surface area contributed by atoms with Crippen molar-refractivity contribution < 1.29 is 0 Å². The molecular weight excluding hydrogens is 252 g/mol. The molecule has 0 rings (SSSR count). The van der Waals surface area contributed by atoms with Crippen molar-refractivity contribution in [2.45, 2.75) is 146 Å². The van der Waals surface area contributed by atoms with Gasteiger partial charge in [0.2, 0.25) is 0 Å². The molecule has 0 saturated carbocycles. The molecule has 0 N–H and O–H groups in total. The van der Waals surface area contributed by atoms with Gasteiger partial charge in [-0.25, -0.2) is 0 Å². The van der Waals surface area contributed by atoms with E-state index in [1.807, 2.05) is 55.4 Å². The van der Waals surface area contributed by atoms with Gasteiger partial charge in [0, 0.05) is 0 Å². The molecule has 148 valence electrons. The smallest absolute Gasteiger partial charge is 0.0564 e. The van der Waals surface area contributed by atoms with Crippen LogP contribution in [0.3, 0.4) is 0 Å². The van der Waals surface area contributed by atoms with E-state index in [0.29, 0.717) is 0 Å². The van der Waals surface area contributed by atoms with E-state index in [4.69, 9.17) is 0 Å². The molecule has 0 heterocycles. The third kappa shape index (κ3) is 1620. The van der Waals surface area contributed by atoms with Crippen LogP contribution in [0, 0.1) is 0 Å². The van der Waals surface area contributed by atoms with Crippen molar-refractivity contribution in [2.24, 2.45) is 0 Å². The zero-order valence-corrected chi connectivity index (χ0v) is 14.8. The highest BCUT2D eigenvalue weighted by atomic mass is 13.6. The SMILES string of the molecule is C.C.C.C.C.CC.CC.CC.CC.CCCC.CCCC. The summed E-state index contributed by atoms with van der Waals surface area (Å²) >= 11 is 0. The molecule has 0 atom stereocenters. The first kappa shape index (κ1) is 84.0. The molecule has 0 radical (unpaired) electrons. The average molecular weight is 317 g/mol. The second-order valence-electron chi connectivity index (χ2n) is 2.00. The second-order valence-corrected chi connectivity index (χ2v) is 2.00. The highest BCUT2D eigenvalue weighted by Gasteiger charge is 1.56. The van der Waals surface area contributed by atoms with Gasteiger partial charge in [-0.1, -0.05) is 146 Å². The minimum absolute atomic E-state index is 0. The Morgan fingerprint density at radius 3 is 0.333 bits per heavy atom. The van der Waals surface area contributed by atoms with E-state index in [1.54, 1.807) is 0 Å². The topological polar surface area (TPSA) is 0 Å². The van der Waals surface area contributed by atoms with Gasteiger partial charge in [0.25, 0.3) is 0 Å². The Balaban J connectivity index is -0.00000000626. The van der Waals surface area contributed by atoms with Crippen LogP contribution in [0.4, 0.5) is 0 Å². The Labute approximate surface area is 146 Å². The molecule has 0 nitrogen and oxygen atoms in total. The lowest BCUT2D eigenvalue weighted by Gasteiger charge is -1.68. The molecule has 0 aliphatic rings. The van der Waals surface area contributed by atoms with Crippen molar-refractivity contribution in [1.29, 1.82) is 0 Å². The van der Waals surface area contributed by atoms with E-state index >= 15 is 0 Å². The minimum Gasteiger partial charge on any atom is -0.0776 e. The Bertz CT molecular complexity index is 8.00. The molecule has 0 aromatic carbocycles. The minimum atomic E-state index is 0. The summed E-state index contributed by atoms with van der Waals surface area (Å²) in [6.07, 6.45) is 5.28. The van der Waals surface area contributed by atoms with Gasteiger partial charge < -0.3 is 0 Å². The molecule has 0 unspecified atom stereocenters. The van der Waals surface area contributed by atoms with Gasteiger partial charge in [-0.15, -0.1) is 0 Å². The quantitative estimate of drug-likeness (QED) is 0.475. The number of hydrogen-bond donors (Lipinski definition) is 0. The maximum Gasteiger partial charge on any atom is -0.0564 e. The molecule has 0 aromatic heterocycles. The third-order valence-electron chi connectivity index (χ3n) is 1.000. The van der Waals surface area contributed by atoms with E-state index in [-0.39, 0.29) is 37.1 Å². The predicted octanol–water partition coefficient (Wildman–Crippen LogP) is 10.9. The Morgan fingerprint density at radius 1 is 0.286 bits per heavy atom. The van der Waals surface area contributed by atoms with Crippen LogP contribution in [0.2, 0.25) is 0 Å². The molecule has 0 fully saturated rings. The first-order chi connectivity index (χ1) is 7.83. The van der Waals surface area contributed by atoms with Crippen molar-refractivity contribution in [2.75, 3.05) is 0 Å². The van der Waals surface area contributed by atoms with Gasteiger partial charge in [0.1, 0.15) is 0 Å². The van der Waals surface area contributed by atoms with Crippen molar-refractivity contribution in [3.63, 3.8) is 0 Å². The molecule has 0 aliphatic carbocycles. The zero-order chi connectivity index (χ0) is 14.8. The molecule has 0 bridgehead atoms.